The van der Waals surface area contributed by atoms with Crippen molar-refractivity contribution in [2.75, 3.05) is 24.9 Å². The lowest BCUT2D eigenvalue weighted by Gasteiger charge is -2.47. The number of rotatable bonds is 16. The molecule has 25 nitrogen and oxygen atoms in total. The van der Waals surface area contributed by atoms with Gasteiger partial charge >= 0.3 is 23.2 Å². The molecular weight excluding hydrogens is 1140 g/mol. The van der Waals surface area contributed by atoms with Crippen LogP contribution in [0.5, 0.6) is 34.5 Å². The van der Waals surface area contributed by atoms with Crippen molar-refractivity contribution >= 4 is 57.1 Å². The number of aliphatic hydroxyl groups is 2. The first-order valence-electron chi connectivity index (χ1n) is 27.2. The number of H-pyrrole nitrogens is 2. The summed E-state index contributed by atoms with van der Waals surface area (Å²) in [6.07, 6.45) is -10.3. The number of fused-ring (bicyclic) bond motifs is 2. The minimum Gasteiger partial charge on any atom is -0.505 e. The van der Waals surface area contributed by atoms with Crippen LogP contribution in [0.2, 0.25) is 0 Å². The van der Waals surface area contributed by atoms with Crippen LogP contribution in [0.1, 0.15) is 91.9 Å². The molecule has 10 rings (SSSR count). The van der Waals surface area contributed by atoms with Gasteiger partial charge in [0.2, 0.25) is 12.6 Å². The number of benzene rings is 4. The summed E-state index contributed by atoms with van der Waals surface area (Å²) in [5.74, 6) is -3.52. The van der Waals surface area contributed by atoms with Crippen molar-refractivity contribution in [1.82, 2.24) is 9.97 Å². The topological polar surface area (TPSA) is 348 Å². The van der Waals surface area contributed by atoms with E-state index in [0.717, 1.165) is 11.4 Å². The summed E-state index contributed by atoms with van der Waals surface area (Å²) in [7, 11) is 2.78. The zero-order chi connectivity index (χ0) is 62.6. The summed E-state index contributed by atoms with van der Waals surface area (Å²) >= 11 is 0. The number of aliphatic hydroxyl groups excluding tert-OH is 2. The van der Waals surface area contributed by atoms with Gasteiger partial charge in [0, 0.05) is 47.9 Å². The molecule has 0 radical (unpaired) electrons. The van der Waals surface area contributed by atoms with Crippen LogP contribution in [-0.4, -0.2) is 129 Å². The Morgan fingerprint density at radius 2 is 0.897 bits per heavy atom. The van der Waals surface area contributed by atoms with Crippen molar-refractivity contribution in [1.29, 1.82) is 0 Å². The van der Waals surface area contributed by atoms with Crippen LogP contribution >= 0.6 is 0 Å². The van der Waals surface area contributed by atoms with E-state index in [4.69, 9.17) is 51.5 Å². The Bertz CT molecular complexity index is 3830. The van der Waals surface area contributed by atoms with Gasteiger partial charge in [0.25, 0.3) is 11.8 Å². The molecule has 2 aliphatic heterocycles. The van der Waals surface area contributed by atoms with E-state index in [1.54, 1.807) is 79.7 Å². The summed E-state index contributed by atoms with van der Waals surface area (Å²) in [4.78, 5) is 85.6. The van der Waals surface area contributed by atoms with E-state index in [1.165, 1.54) is 87.0 Å². The van der Waals surface area contributed by atoms with Crippen LogP contribution in [-0.2, 0) is 28.4 Å². The molecule has 87 heavy (non-hydrogen) atoms. The second kappa shape index (κ2) is 23.8. The first-order valence-corrected chi connectivity index (χ1v) is 27.2. The number of hydrogen-bond donors (Lipinski definition) is 8. The number of esters is 2. The number of nitrogens with one attached hydrogen (secondary N) is 4. The van der Waals surface area contributed by atoms with Crippen molar-refractivity contribution in [3.63, 3.8) is 0 Å². The van der Waals surface area contributed by atoms with Crippen molar-refractivity contribution in [2.24, 2.45) is 0 Å². The highest BCUT2D eigenvalue weighted by molar-refractivity contribution is 6.07. The van der Waals surface area contributed by atoms with Gasteiger partial charge < -0.3 is 92.5 Å². The number of carbonyl (C=O) groups is 4. The Kier molecular flexibility index (Phi) is 16.5. The van der Waals surface area contributed by atoms with E-state index < -0.39 is 118 Å². The lowest BCUT2D eigenvalue weighted by molar-refractivity contribution is -0.305. The minimum absolute atomic E-state index is 0.0386. The second-order valence-electron chi connectivity index (χ2n) is 22.0. The fraction of sp³-hybridized carbons (Fsp3) is 0.323. The van der Waals surface area contributed by atoms with Gasteiger partial charge in [-0.05, 0) is 152 Å². The second-order valence-corrected chi connectivity index (χ2v) is 22.0. The molecule has 8 aromatic rings. The maximum Gasteiger partial charge on any atom is 0.364 e. The number of aromatic hydroxyl groups is 2. The number of amides is 2. The van der Waals surface area contributed by atoms with Gasteiger partial charge in [0.15, 0.2) is 47.3 Å². The number of aromatic nitrogens is 2. The average molecular weight is 1200 g/mol. The Hall–Kier alpha value is -9.50. The third-order valence-electron chi connectivity index (χ3n) is 15.1. The molecule has 0 spiro atoms. The van der Waals surface area contributed by atoms with E-state index in [0.29, 0.717) is 0 Å². The summed E-state index contributed by atoms with van der Waals surface area (Å²) in [6, 6.07) is 23.6. The molecule has 25 heteroatoms. The highest BCUT2D eigenvalue weighted by atomic mass is 16.7. The SMILES string of the molecule is COC1C(OC(=O)c2ccc(C)[nH]2)C(O)C(Oc2ccc3c(O)c(NC(=O)c4ccc(Oc5ccc(C(=O)Nc6c(O)c7ccc(OC8OC(C)(C)C(OC)C(OC(=O)c9ccc(C)[nH]9)C8O)c(C)c7oc6=O)cc5)cc4)c(=O)oc3c2C)OC1(C)C. The maximum atomic E-state index is 13.5. The zero-order valence-electron chi connectivity index (χ0n) is 48.6. The van der Waals surface area contributed by atoms with Crippen LogP contribution in [0.15, 0.2) is 115 Å². The quantitative estimate of drug-likeness (QED) is 0.0339. The number of methoxy groups -OCH3 is 2. The monoisotopic (exact) mass is 1200 g/mol. The molecule has 0 aliphatic carbocycles. The molecule has 2 amide bonds. The maximum absolute atomic E-state index is 13.5. The predicted molar refractivity (Wildman–Crippen MR) is 309 cm³/mol. The van der Waals surface area contributed by atoms with Crippen molar-refractivity contribution in [3.05, 3.63) is 163 Å². The van der Waals surface area contributed by atoms with Gasteiger partial charge in [-0.1, -0.05) is 0 Å². The van der Waals surface area contributed by atoms with Gasteiger partial charge in [0.05, 0.1) is 22.0 Å². The van der Waals surface area contributed by atoms with Gasteiger partial charge in [-0.2, -0.15) is 0 Å². The van der Waals surface area contributed by atoms with Gasteiger partial charge in [-0.25, -0.2) is 19.2 Å². The van der Waals surface area contributed by atoms with E-state index in [1.807, 2.05) is 0 Å². The number of hydrogen-bond acceptors (Lipinski definition) is 21. The summed E-state index contributed by atoms with van der Waals surface area (Å²) in [5.41, 5.74) is -3.41. The number of aromatic amines is 2. The normalized spacial score (nSPS) is 21.4. The smallest absolute Gasteiger partial charge is 0.364 e. The summed E-state index contributed by atoms with van der Waals surface area (Å²) < 4.78 is 64.4. The molecule has 4 aromatic heterocycles. The minimum atomic E-state index is -1.56. The number of anilines is 2. The molecule has 4 aromatic carbocycles. The molecule has 8 atom stereocenters. The van der Waals surface area contributed by atoms with E-state index >= 15 is 0 Å². The number of aryl methyl sites for hydroxylation is 4. The standard InChI is InChI=1S/C62H62N4O21/c1-27-11-23-37(63-27)55(73)84-49-45(69)59(86-61(5,6)51(49)77-9)80-39-25-21-35-43(67)41(57(75)82-47(35)29(39)3)65-53(71)31-13-17-33(18-14-31)79-34-19-15-32(16-20-34)54(72)66-42-44(68)36-22-26-40(30(4)48(36)83-58(42)76)81-60-46(70)50(52(78-10)62(7,8)87-60)85-56(74)38-24-12-28(2)64-38/h11-26,45-46,49-52,59-60,63-64,67-70H,1-10H3,(H,65,71)(H,66,72). The van der Waals surface area contributed by atoms with E-state index in [2.05, 4.69) is 20.6 Å². The van der Waals surface area contributed by atoms with Gasteiger partial charge in [-0.3, -0.25) is 9.59 Å². The highest BCUT2D eigenvalue weighted by Gasteiger charge is 2.55. The lowest BCUT2D eigenvalue weighted by Crippen LogP contribution is -2.65. The Labute approximate surface area is 494 Å². The molecule has 0 saturated carbocycles. The van der Waals surface area contributed by atoms with Crippen LogP contribution < -0.4 is 36.1 Å². The Balaban J connectivity index is 0.762. The largest absolute Gasteiger partial charge is 0.505 e. The van der Waals surface area contributed by atoms with Gasteiger partial charge in [-0.15, -0.1) is 0 Å². The predicted octanol–water partition coefficient (Wildman–Crippen LogP) is 7.73. The zero-order valence-corrected chi connectivity index (χ0v) is 48.6. The van der Waals surface area contributed by atoms with Gasteiger partial charge in [0.1, 0.15) is 57.8 Å². The molecule has 2 fully saturated rings. The first kappa shape index (κ1) is 60.6. The van der Waals surface area contributed by atoms with Crippen molar-refractivity contribution < 1.29 is 91.1 Å². The van der Waals surface area contributed by atoms with Crippen molar-refractivity contribution in [3.8, 4) is 34.5 Å². The van der Waals surface area contributed by atoms with E-state index in [-0.39, 0.29) is 78.6 Å². The molecule has 2 aliphatic rings. The molecule has 8 unspecified atom stereocenters. The van der Waals surface area contributed by atoms with Crippen LogP contribution in [0, 0.1) is 27.7 Å². The first-order chi connectivity index (χ1) is 41.3. The molecule has 8 N–H and O–H groups in total. The highest BCUT2D eigenvalue weighted by Crippen LogP contribution is 2.41. The van der Waals surface area contributed by atoms with Crippen LogP contribution in [0.4, 0.5) is 11.4 Å². The molecule has 0 bridgehead atoms. The summed E-state index contributed by atoms with van der Waals surface area (Å²) in [5, 5.41) is 50.5. The molecule has 2 saturated heterocycles. The molecular formula is C62H62N4O21. The number of carbonyl (C=O) groups excluding carboxylic acids is 4. The number of ether oxygens (including phenoxy) is 9. The fourth-order valence-corrected chi connectivity index (χ4v) is 10.6. The summed E-state index contributed by atoms with van der Waals surface area (Å²) in [6.45, 7) is 13.3. The molecule has 6 heterocycles. The molecule has 456 valence electrons. The van der Waals surface area contributed by atoms with E-state index in [9.17, 15) is 49.2 Å². The third kappa shape index (κ3) is 11.9. The van der Waals surface area contributed by atoms with Crippen LogP contribution in [0.25, 0.3) is 21.9 Å². The average Bonchev–Trinajstić information content (AvgIpc) is 1.41. The Morgan fingerprint density at radius 1 is 0.529 bits per heavy atom. The van der Waals surface area contributed by atoms with Crippen LogP contribution in [0.3, 0.4) is 0 Å². The van der Waals surface area contributed by atoms with Crippen molar-refractivity contribution in [2.45, 2.75) is 116 Å². The lowest BCUT2D eigenvalue weighted by atomic mass is 9.89. The Morgan fingerprint density at radius 3 is 1.23 bits per heavy atom. The fourth-order valence-electron chi connectivity index (χ4n) is 10.6. The third-order valence-corrected chi connectivity index (χ3v) is 15.1.